The monoisotopic (exact) mass is 472 g/mol. The third-order valence-corrected chi connectivity index (χ3v) is 17.4. The van der Waals surface area contributed by atoms with Crippen molar-refractivity contribution in [2.24, 2.45) is 0 Å². The second kappa shape index (κ2) is 12.8. The van der Waals surface area contributed by atoms with Crippen molar-refractivity contribution in [1.82, 2.24) is 0 Å². The van der Waals surface area contributed by atoms with E-state index in [4.69, 9.17) is 14.7 Å². The number of rotatable bonds is 12. The molecule has 0 aromatic heterocycles. The standard InChI is InChI=1S/C9H7ClO2.3C4H9.Sn/c10-8-4-1-7(2-5-8)3-6-9(11)12;3*1-3-4-2;/h1-6H,(H,11,12);3*1,3-4H2,2H3;/q;;;;+1/p-1. The zero-order chi connectivity index (χ0) is 18.5. The van der Waals surface area contributed by atoms with Crippen LogP contribution in [-0.4, -0.2) is 24.8 Å². The second-order valence-corrected chi connectivity index (χ2v) is 18.9. The summed E-state index contributed by atoms with van der Waals surface area (Å²) in [6.07, 6.45) is 10.5. The van der Waals surface area contributed by atoms with E-state index in [9.17, 15) is 4.79 Å². The molecule has 1 aromatic carbocycles. The Morgan fingerprint density at radius 3 is 1.88 bits per heavy atom. The van der Waals surface area contributed by atoms with Crippen LogP contribution in [0.15, 0.2) is 30.3 Å². The summed E-state index contributed by atoms with van der Waals surface area (Å²) in [4.78, 5) is 12.5. The van der Waals surface area contributed by atoms with E-state index in [2.05, 4.69) is 20.8 Å². The maximum absolute atomic E-state index is 12.5. The molecule has 0 amide bonds. The first-order valence-corrected chi connectivity index (χ1v) is 17.3. The molecule has 0 radical (unpaired) electrons. The number of carbonyl (C=O) groups excluding carboxylic acids is 1. The molecule has 0 spiro atoms. The SMILES string of the molecule is CCC[CH2][Sn]([CH2]CCC)([CH2]CCC)[O]C(=O)C=Cc1ccc(Cl)cc1. The second-order valence-electron chi connectivity index (χ2n) is 6.80. The summed E-state index contributed by atoms with van der Waals surface area (Å²) in [6, 6.07) is 7.49. The Morgan fingerprint density at radius 2 is 1.44 bits per heavy atom. The normalized spacial score (nSPS) is 11.8. The van der Waals surface area contributed by atoms with E-state index in [0.717, 1.165) is 5.56 Å². The molecule has 0 bridgehead atoms. The van der Waals surface area contributed by atoms with Gasteiger partial charge in [0.2, 0.25) is 0 Å². The van der Waals surface area contributed by atoms with E-state index in [1.807, 2.05) is 30.3 Å². The molecular formula is C21H33ClO2Sn. The molecule has 0 unspecified atom stereocenters. The zero-order valence-electron chi connectivity index (χ0n) is 16.0. The number of benzene rings is 1. The molecule has 0 fully saturated rings. The van der Waals surface area contributed by atoms with E-state index < -0.39 is 18.8 Å². The van der Waals surface area contributed by atoms with Gasteiger partial charge in [0.15, 0.2) is 0 Å². The predicted octanol–water partition coefficient (Wildman–Crippen LogP) is 7.24. The van der Waals surface area contributed by atoms with Gasteiger partial charge in [0.1, 0.15) is 0 Å². The van der Waals surface area contributed by atoms with E-state index in [1.165, 1.54) is 51.8 Å². The average molecular weight is 472 g/mol. The van der Waals surface area contributed by atoms with Gasteiger partial charge in [-0.25, -0.2) is 0 Å². The molecule has 0 heterocycles. The van der Waals surface area contributed by atoms with Gasteiger partial charge in [0.25, 0.3) is 0 Å². The summed E-state index contributed by atoms with van der Waals surface area (Å²) in [5.41, 5.74) is 0.970. The van der Waals surface area contributed by atoms with Gasteiger partial charge < -0.3 is 0 Å². The summed E-state index contributed by atoms with van der Waals surface area (Å²) in [7, 11) is 0. The Morgan fingerprint density at radius 1 is 0.960 bits per heavy atom. The molecule has 0 saturated carbocycles. The first-order chi connectivity index (χ1) is 12.0. The predicted molar refractivity (Wildman–Crippen MR) is 111 cm³/mol. The number of unbranched alkanes of at least 4 members (excludes halogenated alkanes) is 3. The number of carbonyl (C=O) groups is 1. The molecule has 0 N–H and O–H groups in total. The third-order valence-electron chi connectivity index (χ3n) is 4.56. The van der Waals surface area contributed by atoms with Crippen LogP contribution in [0.2, 0.25) is 18.3 Å². The molecule has 2 nitrogen and oxygen atoms in total. The number of hydrogen-bond donors (Lipinski definition) is 0. The van der Waals surface area contributed by atoms with E-state index in [-0.39, 0.29) is 5.97 Å². The van der Waals surface area contributed by atoms with Crippen LogP contribution in [0.5, 0.6) is 0 Å². The van der Waals surface area contributed by atoms with Crippen LogP contribution in [-0.2, 0) is 7.87 Å². The van der Waals surface area contributed by atoms with Gasteiger partial charge in [-0.3, -0.25) is 0 Å². The average Bonchev–Trinajstić information content (AvgIpc) is 2.62. The molecule has 0 aliphatic heterocycles. The van der Waals surface area contributed by atoms with Crippen molar-refractivity contribution in [3.63, 3.8) is 0 Å². The Balaban J connectivity index is 2.80. The van der Waals surface area contributed by atoms with Gasteiger partial charge in [-0.05, 0) is 0 Å². The molecule has 0 aliphatic rings. The van der Waals surface area contributed by atoms with Crippen molar-refractivity contribution in [2.45, 2.75) is 72.6 Å². The molecular weight excluding hydrogens is 438 g/mol. The van der Waals surface area contributed by atoms with Crippen molar-refractivity contribution in [2.75, 3.05) is 0 Å². The van der Waals surface area contributed by atoms with Crippen LogP contribution in [0, 0.1) is 0 Å². The minimum absolute atomic E-state index is 0.144. The van der Waals surface area contributed by atoms with Crippen LogP contribution in [0.1, 0.15) is 64.9 Å². The molecule has 4 heteroatoms. The zero-order valence-corrected chi connectivity index (χ0v) is 19.6. The van der Waals surface area contributed by atoms with E-state index in [1.54, 1.807) is 6.08 Å². The molecule has 0 atom stereocenters. The Hall–Kier alpha value is -0.481. The first kappa shape index (κ1) is 22.6. The van der Waals surface area contributed by atoms with Gasteiger partial charge in [0, 0.05) is 0 Å². The van der Waals surface area contributed by atoms with Gasteiger partial charge >= 0.3 is 164 Å². The quantitative estimate of drug-likeness (QED) is 0.237. The Kier molecular flexibility index (Phi) is 11.6. The fourth-order valence-corrected chi connectivity index (χ4v) is 16.1. The summed E-state index contributed by atoms with van der Waals surface area (Å²) >= 11 is 3.04. The van der Waals surface area contributed by atoms with E-state index in [0.29, 0.717) is 5.02 Å². The summed E-state index contributed by atoms with van der Waals surface area (Å²) < 4.78 is 9.76. The van der Waals surface area contributed by atoms with Crippen LogP contribution in [0.25, 0.3) is 6.08 Å². The van der Waals surface area contributed by atoms with Crippen LogP contribution in [0.3, 0.4) is 0 Å². The number of halogens is 1. The molecule has 1 rings (SSSR count). The summed E-state index contributed by atoms with van der Waals surface area (Å²) in [5.74, 6) is -0.144. The van der Waals surface area contributed by atoms with E-state index >= 15 is 0 Å². The van der Waals surface area contributed by atoms with Crippen LogP contribution >= 0.6 is 11.6 Å². The molecule has 0 aliphatic carbocycles. The van der Waals surface area contributed by atoms with Crippen molar-refractivity contribution in [3.8, 4) is 0 Å². The molecule has 0 saturated heterocycles. The summed E-state index contributed by atoms with van der Waals surface area (Å²) in [5, 5.41) is 0.702. The van der Waals surface area contributed by atoms with Crippen molar-refractivity contribution >= 4 is 42.4 Å². The van der Waals surface area contributed by atoms with Crippen LogP contribution in [0.4, 0.5) is 0 Å². The fourth-order valence-electron chi connectivity index (χ4n) is 3.01. The maximum atomic E-state index is 12.5. The van der Waals surface area contributed by atoms with Gasteiger partial charge in [-0.1, -0.05) is 0 Å². The Bertz CT molecular complexity index is 503. The third kappa shape index (κ3) is 9.14. The van der Waals surface area contributed by atoms with Crippen molar-refractivity contribution < 1.29 is 7.87 Å². The molecule has 140 valence electrons. The van der Waals surface area contributed by atoms with Gasteiger partial charge in [-0.2, -0.15) is 0 Å². The first-order valence-electron chi connectivity index (χ1n) is 9.72. The number of hydrogen-bond acceptors (Lipinski definition) is 2. The van der Waals surface area contributed by atoms with Crippen LogP contribution < -0.4 is 0 Å². The summed E-state index contributed by atoms with van der Waals surface area (Å²) in [6.45, 7) is 6.66. The fraction of sp³-hybridized carbons (Fsp3) is 0.571. The van der Waals surface area contributed by atoms with Crippen molar-refractivity contribution in [3.05, 3.63) is 40.9 Å². The topological polar surface area (TPSA) is 26.3 Å². The Labute approximate surface area is 163 Å². The molecule has 1 aromatic rings. The molecule has 25 heavy (non-hydrogen) atoms. The van der Waals surface area contributed by atoms with Crippen molar-refractivity contribution in [1.29, 1.82) is 0 Å². The van der Waals surface area contributed by atoms with Gasteiger partial charge in [0.05, 0.1) is 0 Å². The minimum atomic E-state index is -2.86. The van der Waals surface area contributed by atoms with Gasteiger partial charge in [-0.15, -0.1) is 0 Å².